The number of hydrogen-bond acceptors (Lipinski definition) is 3. The highest BCUT2D eigenvalue weighted by molar-refractivity contribution is 5.87. The summed E-state index contributed by atoms with van der Waals surface area (Å²) in [5.74, 6) is 1.81. The molecular weight excluding hydrogens is 346 g/mol. The first-order valence-electron chi connectivity index (χ1n) is 9.78. The van der Waals surface area contributed by atoms with E-state index in [1.165, 1.54) is 27.8 Å². The molecule has 3 rings (SSSR count). The van der Waals surface area contributed by atoms with Crippen LogP contribution < -0.4 is 9.47 Å². The van der Waals surface area contributed by atoms with Crippen LogP contribution in [0, 0.1) is 20.8 Å². The van der Waals surface area contributed by atoms with E-state index >= 15 is 0 Å². The maximum absolute atomic E-state index is 5.47. The second kappa shape index (κ2) is 8.47. The minimum absolute atomic E-state index is 0.904. The third kappa shape index (κ3) is 3.75. The van der Waals surface area contributed by atoms with Crippen molar-refractivity contribution in [3.8, 4) is 33.8 Å². The summed E-state index contributed by atoms with van der Waals surface area (Å²) < 4.78 is 10.9. The molecule has 2 aromatic carbocycles. The van der Waals surface area contributed by atoms with E-state index in [1.807, 2.05) is 12.3 Å². The quantitative estimate of drug-likeness (QED) is 0.506. The molecule has 0 unspecified atom stereocenters. The number of rotatable bonds is 6. The highest BCUT2D eigenvalue weighted by Gasteiger charge is 2.17. The van der Waals surface area contributed by atoms with Crippen molar-refractivity contribution in [1.29, 1.82) is 0 Å². The van der Waals surface area contributed by atoms with Crippen LogP contribution in [0.1, 0.15) is 35.7 Å². The van der Waals surface area contributed by atoms with Gasteiger partial charge >= 0.3 is 0 Å². The van der Waals surface area contributed by atoms with Crippen molar-refractivity contribution in [2.75, 3.05) is 14.2 Å². The average molecular weight is 376 g/mol. The van der Waals surface area contributed by atoms with Crippen LogP contribution in [0.2, 0.25) is 0 Å². The zero-order valence-corrected chi connectivity index (χ0v) is 17.7. The molecule has 1 aromatic heterocycles. The summed E-state index contributed by atoms with van der Waals surface area (Å²) in [6.45, 7) is 8.47. The molecule has 146 valence electrons. The van der Waals surface area contributed by atoms with Crippen LogP contribution in [-0.4, -0.2) is 19.2 Å². The lowest BCUT2D eigenvalue weighted by Gasteiger charge is -2.19. The van der Waals surface area contributed by atoms with Gasteiger partial charge in [-0.3, -0.25) is 4.98 Å². The van der Waals surface area contributed by atoms with Gasteiger partial charge in [-0.2, -0.15) is 0 Å². The van der Waals surface area contributed by atoms with Gasteiger partial charge in [0, 0.05) is 17.5 Å². The van der Waals surface area contributed by atoms with Crippen LogP contribution in [0.15, 0.2) is 42.6 Å². The molecule has 0 spiro atoms. The zero-order chi connectivity index (χ0) is 20.3. The first-order valence-corrected chi connectivity index (χ1v) is 9.78. The summed E-state index contributed by atoms with van der Waals surface area (Å²) in [5.41, 5.74) is 9.41. The number of nitrogens with zero attached hydrogens (tertiary/aromatic N) is 1. The first-order chi connectivity index (χ1) is 13.5. The van der Waals surface area contributed by atoms with Crippen molar-refractivity contribution < 1.29 is 9.47 Å². The maximum atomic E-state index is 5.47. The van der Waals surface area contributed by atoms with Gasteiger partial charge in [0.15, 0.2) is 0 Å². The molecule has 0 saturated carbocycles. The van der Waals surface area contributed by atoms with Gasteiger partial charge < -0.3 is 9.47 Å². The van der Waals surface area contributed by atoms with E-state index in [9.17, 15) is 0 Å². The molecule has 28 heavy (non-hydrogen) atoms. The van der Waals surface area contributed by atoms with Crippen molar-refractivity contribution >= 4 is 0 Å². The number of ether oxygens (including phenoxy) is 2. The first kappa shape index (κ1) is 19.9. The average Bonchev–Trinajstić information content (AvgIpc) is 2.69. The normalized spacial score (nSPS) is 10.8. The Morgan fingerprint density at radius 2 is 1.32 bits per heavy atom. The third-order valence-corrected chi connectivity index (χ3v) is 5.23. The van der Waals surface area contributed by atoms with E-state index in [-0.39, 0.29) is 0 Å². The molecule has 3 aromatic rings. The predicted octanol–water partition coefficient (Wildman–Crippen LogP) is 6.31. The molecule has 0 aliphatic carbocycles. The van der Waals surface area contributed by atoms with Crippen LogP contribution in [0.5, 0.6) is 11.5 Å². The molecule has 0 radical (unpaired) electrons. The highest BCUT2D eigenvalue weighted by atomic mass is 16.5. The Kier molecular flexibility index (Phi) is 6.03. The van der Waals surface area contributed by atoms with Gasteiger partial charge in [0.05, 0.1) is 14.2 Å². The Bertz CT molecular complexity index is 992. The summed E-state index contributed by atoms with van der Waals surface area (Å²) in [7, 11) is 3.43. The van der Waals surface area contributed by atoms with Crippen LogP contribution in [0.3, 0.4) is 0 Å². The van der Waals surface area contributed by atoms with Crippen molar-refractivity contribution in [2.45, 2.75) is 40.5 Å². The number of hydrogen-bond donors (Lipinski definition) is 0. The second-order valence-electron chi connectivity index (χ2n) is 7.24. The van der Waals surface area contributed by atoms with E-state index in [4.69, 9.17) is 14.5 Å². The van der Waals surface area contributed by atoms with E-state index in [0.29, 0.717) is 0 Å². The lowest BCUT2D eigenvalue weighted by atomic mass is 9.88. The molecule has 0 fully saturated rings. The lowest BCUT2D eigenvalue weighted by molar-refractivity contribution is 0.411. The Hall–Kier alpha value is -2.81. The van der Waals surface area contributed by atoms with Gasteiger partial charge in [0.1, 0.15) is 11.5 Å². The molecule has 0 atom stereocenters. The number of pyridine rings is 1. The van der Waals surface area contributed by atoms with Crippen LogP contribution >= 0.6 is 0 Å². The fraction of sp³-hybridized carbons (Fsp3) is 0.320. The second-order valence-corrected chi connectivity index (χ2v) is 7.24. The van der Waals surface area contributed by atoms with Gasteiger partial charge in [-0.1, -0.05) is 25.5 Å². The van der Waals surface area contributed by atoms with E-state index in [2.05, 4.69) is 58.0 Å². The zero-order valence-electron chi connectivity index (χ0n) is 17.7. The Balaban J connectivity index is 2.29. The van der Waals surface area contributed by atoms with Gasteiger partial charge in [0.2, 0.25) is 0 Å². The van der Waals surface area contributed by atoms with Crippen LogP contribution in [0.4, 0.5) is 0 Å². The molecule has 0 amide bonds. The molecule has 0 aliphatic rings. The van der Waals surface area contributed by atoms with Gasteiger partial charge in [-0.25, -0.2) is 0 Å². The van der Waals surface area contributed by atoms with E-state index < -0.39 is 0 Å². The summed E-state index contributed by atoms with van der Waals surface area (Å²) in [5, 5.41) is 0. The Morgan fingerprint density at radius 3 is 1.79 bits per heavy atom. The van der Waals surface area contributed by atoms with Gasteiger partial charge in [-0.05, 0) is 84.8 Å². The summed E-state index contributed by atoms with van der Waals surface area (Å²) >= 11 is 0. The number of benzene rings is 2. The number of aryl methyl sites for hydroxylation is 4. The molecule has 0 bridgehead atoms. The fourth-order valence-corrected chi connectivity index (χ4v) is 3.86. The monoisotopic (exact) mass is 375 g/mol. The molecule has 0 N–H and O–H groups in total. The third-order valence-electron chi connectivity index (χ3n) is 5.23. The van der Waals surface area contributed by atoms with Gasteiger partial charge in [-0.15, -0.1) is 0 Å². The number of aromatic nitrogens is 1. The molecule has 0 saturated heterocycles. The summed E-state index contributed by atoms with van der Waals surface area (Å²) in [6.07, 6.45) is 4.11. The Morgan fingerprint density at radius 1 is 0.786 bits per heavy atom. The molecule has 0 aliphatic heterocycles. The minimum Gasteiger partial charge on any atom is -0.496 e. The number of methoxy groups -OCH3 is 2. The largest absolute Gasteiger partial charge is 0.496 e. The SMILES string of the molecule is CCCc1cnc(C)c(-c2ccc(OC)c(C)c2)c1-c1ccc(OC)c(C)c1. The van der Waals surface area contributed by atoms with Crippen molar-refractivity contribution in [2.24, 2.45) is 0 Å². The standard InChI is InChI=1S/C25H29NO2/c1-7-8-21-15-26-18(4)24(19-9-11-22(27-5)16(2)13-19)25(21)20-10-12-23(28-6)17(3)14-20/h9-15H,7-8H2,1-6H3. The van der Waals surface area contributed by atoms with Crippen LogP contribution in [-0.2, 0) is 6.42 Å². The molecular formula is C25H29NO2. The molecule has 1 heterocycles. The van der Waals surface area contributed by atoms with Gasteiger partial charge in [0.25, 0.3) is 0 Å². The minimum atomic E-state index is 0.904. The van der Waals surface area contributed by atoms with Crippen molar-refractivity contribution in [3.63, 3.8) is 0 Å². The summed E-state index contributed by atoms with van der Waals surface area (Å²) in [4.78, 5) is 4.73. The van der Waals surface area contributed by atoms with Crippen molar-refractivity contribution in [1.82, 2.24) is 4.98 Å². The smallest absolute Gasteiger partial charge is 0.121 e. The maximum Gasteiger partial charge on any atom is 0.121 e. The van der Waals surface area contributed by atoms with Crippen LogP contribution in [0.25, 0.3) is 22.3 Å². The lowest BCUT2D eigenvalue weighted by Crippen LogP contribution is -2.00. The molecule has 3 heteroatoms. The fourth-order valence-electron chi connectivity index (χ4n) is 3.86. The van der Waals surface area contributed by atoms with E-state index in [0.717, 1.165) is 41.2 Å². The predicted molar refractivity (Wildman–Crippen MR) is 116 cm³/mol. The van der Waals surface area contributed by atoms with Crippen molar-refractivity contribution in [3.05, 3.63) is 65.0 Å². The van der Waals surface area contributed by atoms with E-state index in [1.54, 1.807) is 14.2 Å². The Labute approximate surface area is 168 Å². The summed E-state index contributed by atoms with van der Waals surface area (Å²) in [6, 6.07) is 12.8. The molecule has 3 nitrogen and oxygen atoms in total. The highest BCUT2D eigenvalue weighted by Crippen LogP contribution is 2.39. The topological polar surface area (TPSA) is 31.4 Å².